The van der Waals surface area contributed by atoms with Crippen molar-refractivity contribution in [2.45, 2.75) is 39.2 Å². The standard InChI is InChI=1S/C30H29NO7/c1-20-11-13-23(14-12-20)29(35)21(2)38-28(34)10-6-9-27(33)31-25-17-15-24(16-18-25)30(36)37-19-26(32)22-7-4-3-5-8-22/h3-5,7-8,11-18,21H,6,9-10,19H2,1-2H3,(H,31,33)/t21-/m1/s1. The summed E-state index contributed by atoms with van der Waals surface area (Å²) in [6.45, 7) is 3.06. The van der Waals surface area contributed by atoms with E-state index in [-0.39, 0.29) is 48.9 Å². The van der Waals surface area contributed by atoms with Crippen molar-refractivity contribution in [3.8, 4) is 0 Å². The molecule has 0 saturated heterocycles. The number of carbonyl (C=O) groups excluding carboxylic acids is 5. The third-order valence-electron chi connectivity index (χ3n) is 5.63. The molecule has 1 N–H and O–H groups in total. The highest BCUT2D eigenvalue weighted by molar-refractivity contribution is 6.00. The highest BCUT2D eigenvalue weighted by Crippen LogP contribution is 2.13. The molecular formula is C30H29NO7. The van der Waals surface area contributed by atoms with Crippen LogP contribution < -0.4 is 5.32 Å². The Balaban J connectivity index is 1.37. The molecule has 0 spiro atoms. The first-order valence-corrected chi connectivity index (χ1v) is 12.2. The van der Waals surface area contributed by atoms with Crippen molar-refractivity contribution in [2.24, 2.45) is 0 Å². The quantitative estimate of drug-likeness (QED) is 0.268. The van der Waals surface area contributed by atoms with Gasteiger partial charge in [0.2, 0.25) is 11.7 Å². The minimum Gasteiger partial charge on any atom is -0.454 e. The number of nitrogens with one attached hydrogen (secondary N) is 1. The lowest BCUT2D eigenvalue weighted by Gasteiger charge is -2.12. The number of anilines is 1. The summed E-state index contributed by atoms with van der Waals surface area (Å²) in [6.07, 6.45) is -0.608. The van der Waals surface area contributed by atoms with E-state index in [0.29, 0.717) is 16.8 Å². The molecule has 3 aromatic rings. The third-order valence-corrected chi connectivity index (χ3v) is 5.63. The average Bonchev–Trinajstić information content (AvgIpc) is 2.92. The summed E-state index contributed by atoms with van der Waals surface area (Å²) in [5, 5.41) is 2.69. The molecule has 0 aliphatic heterocycles. The van der Waals surface area contributed by atoms with Gasteiger partial charge in [0.25, 0.3) is 0 Å². The van der Waals surface area contributed by atoms with E-state index < -0.39 is 18.0 Å². The zero-order chi connectivity index (χ0) is 27.5. The van der Waals surface area contributed by atoms with Crippen LogP contribution in [0.5, 0.6) is 0 Å². The van der Waals surface area contributed by atoms with Crippen LogP contribution in [0.2, 0.25) is 0 Å². The lowest BCUT2D eigenvalue weighted by atomic mass is 10.1. The molecule has 1 amide bonds. The van der Waals surface area contributed by atoms with Gasteiger partial charge in [-0.05, 0) is 44.5 Å². The maximum atomic E-state index is 12.4. The van der Waals surface area contributed by atoms with Gasteiger partial charge in [-0.2, -0.15) is 0 Å². The van der Waals surface area contributed by atoms with Crippen LogP contribution in [0, 0.1) is 6.92 Å². The van der Waals surface area contributed by atoms with E-state index in [4.69, 9.17) is 9.47 Å². The smallest absolute Gasteiger partial charge is 0.338 e. The normalized spacial score (nSPS) is 11.2. The van der Waals surface area contributed by atoms with Gasteiger partial charge in [0, 0.05) is 29.7 Å². The van der Waals surface area contributed by atoms with Crippen molar-refractivity contribution < 1.29 is 33.4 Å². The van der Waals surface area contributed by atoms with Gasteiger partial charge in [-0.1, -0.05) is 60.2 Å². The Morgan fingerprint density at radius 3 is 2.05 bits per heavy atom. The Labute approximate surface area is 221 Å². The summed E-state index contributed by atoms with van der Waals surface area (Å²) in [7, 11) is 0. The van der Waals surface area contributed by atoms with Crippen molar-refractivity contribution in [1.29, 1.82) is 0 Å². The van der Waals surface area contributed by atoms with Crippen molar-refractivity contribution in [2.75, 3.05) is 11.9 Å². The van der Waals surface area contributed by atoms with Crippen molar-refractivity contribution in [3.63, 3.8) is 0 Å². The maximum Gasteiger partial charge on any atom is 0.338 e. The molecule has 0 fully saturated rings. The van der Waals surface area contributed by atoms with E-state index in [0.717, 1.165) is 5.56 Å². The van der Waals surface area contributed by atoms with E-state index in [1.807, 2.05) is 19.1 Å². The first kappa shape index (κ1) is 28.0. The van der Waals surface area contributed by atoms with Crippen molar-refractivity contribution in [3.05, 3.63) is 101 Å². The van der Waals surface area contributed by atoms with Gasteiger partial charge in [0.05, 0.1) is 5.56 Å². The molecule has 0 aromatic heterocycles. The number of aryl methyl sites for hydroxylation is 1. The molecule has 1 atom stereocenters. The van der Waals surface area contributed by atoms with Crippen molar-refractivity contribution >= 4 is 35.1 Å². The number of benzene rings is 3. The van der Waals surface area contributed by atoms with E-state index in [2.05, 4.69) is 5.32 Å². The summed E-state index contributed by atoms with van der Waals surface area (Å²) in [6, 6.07) is 21.6. The first-order chi connectivity index (χ1) is 18.2. The van der Waals surface area contributed by atoms with Crippen LogP contribution in [-0.4, -0.2) is 42.1 Å². The molecule has 0 radical (unpaired) electrons. The molecule has 0 bridgehead atoms. The van der Waals surface area contributed by atoms with E-state index in [1.165, 1.54) is 19.1 Å². The van der Waals surface area contributed by atoms with Crippen molar-refractivity contribution in [1.82, 2.24) is 0 Å². The second-order valence-corrected chi connectivity index (χ2v) is 8.71. The fourth-order valence-electron chi connectivity index (χ4n) is 3.49. The number of carbonyl (C=O) groups is 5. The van der Waals surface area contributed by atoms with E-state index in [1.54, 1.807) is 54.6 Å². The lowest BCUT2D eigenvalue weighted by molar-refractivity contribution is -0.146. The Kier molecular flexibility index (Phi) is 10.0. The number of hydrogen-bond acceptors (Lipinski definition) is 7. The highest BCUT2D eigenvalue weighted by atomic mass is 16.5. The monoisotopic (exact) mass is 515 g/mol. The molecule has 3 rings (SSSR count). The molecule has 8 heteroatoms. The van der Waals surface area contributed by atoms with Gasteiger partial charge in [0.15, 0.2) is 18.5 Å². The molecule has 8 nitrogen and oxygen atoms in total. The minimum absolute atomic E-state index is 0.00851. The van der Waals surface area contributed by atoms with Gasteiger partial charge in [-0.15, -0.1) is 0 Å². The maximum absolute atomic E-state index is 12.4. The van der Waals surface area contributed by atoms with Crippen LogP contribution >= 0.6 is 0 Å². The molecule has 196 valence electrons. The predicted molar refractivity (Wildman–Crippen MR) is 141 cm³/mol. The summed E-state index contributed by atoms with van der Waals surface area (Å²) in [5.41, 5.74) is 2.65. The molecule has 0 heterocycles. The summed E-state index contributed by atoms with van der Waals surface area (Å²) < 4.78 is 10.3. The fourth-order valence-corrected chi connectivity index (χ4v) is 3.49. The largest absolute Gasteiger partial charge is 0.454 e. The van der Waals surface area contributed by atoms with Gasteiger partial charge in [-0.25, -0.2) is 4.79 Å². The Morgan fingerprint density at radius 1 is 0.763 bits per heavy atom. The minimum atomic E-state index is -0.916. The fraction of sp³-hybridized carbons (Fsp3) is 0.233. The topological polar surface area (TPSA) is 116 Å². The van der Waals surface area contributed by atoms with Crippen LogP contribution in [0.4, 0.5) is 5.69 Å². The van der Waals surface area contributed by atoms with Crippen LogP contribution in [0.3, 0.4) is 0 Å². The average molecular weight is 516 g/mol. The molecule has 38 heavy (non-hydrogen) atoms. The second-order valence-electron chi connectivity index (χ2n) is 8.71. The first-order valence-electron chi connectivity index (χ1n) is 12.2. The SMILES string of the molecule is Cc1ccc(C(=O)[C@@H](C)OC(=O)CCCC(=O)Nc2ccc(C(=O)OCC(=O)c3ccccc3)cc2)cc1. The van der Waals surface area contributed by atoms with Gasteiger partial charge in [0.1, 0.15) is 0 Å². The van der Waals surface area contributed by atoms with Crippen LogP contribution in [-0.2, 0) is 19.1 Å². The summed E-state index contributed by atoms with van der Waals surface area (Å²) >= 11 is 0. The molecule has 0 aliphatic carbocycles. The molecule has 3 aromatic carbocycles. The Morgan fingerprint density at radius 2 is 1.39 bits per heavy atom. The number of ketones is 2. The van der Waals surface area contributed by atoms with Gasteiger partial charge < -0.3 is 14.8 Å². The molecule has 0 saturated carbocycles. The van der Waals surface area contributed by atoms with Gasteiger partial charge >= 0.3 is 11.9 Å². The number of ether oxygens (including phenoxy) is 2. The number of esters is 2. The Bertz CT molecular complexity index is 1280. The molecular weight excluding hydrogens is 486 g/mol. The zero-order valence-electron chi connectivity index (χ0n) is 21.3. The number of amides is 1. The predicted octanol–water partition coefficient (Wildman–Crippen LogP) is 4.96. The number of hydrogen-bond donors (Lipinski definition) is 1. The molecule has 0 unspecified atom stereocenters. The Hall–Kier alpha value is -4.59. The van der Waals surface area contributed by atoms with E-state index in [9.17, 15) is 24.0 Å². The van der Waals surface area contributed by atoms with E-state index >= 15 is 0 Å². The zero-order valence-corrected chi connectivity index (χ0v) is 21.3. The van der Waals surface area contributed by atoms with Gasteiger partial charge in [-0.3, -0.25) is 19.2 Å². The van der Waals surface area contributed by atoms with Crippen LogP contribution in [0.1, 0.15) is 62.8 Å². The number of rotatable bonds is 12. The summed E-state index contributed by atoms with van der Waals surface area (Å²) in [5.74, 6) is -2.12. The number of Topliss-reactive ketones (excluding diaryl/α,β-unsaturated/α-hetero) is 2. The highest BCUT2D eigenvalue weighted by Gasteiger charge is 2.19. The summed E-state index contributed by atoms with van der Waals surface area (Å²) in [4.78, 5) is 61.0. The third kappa shape index (κ3) is 8.51. The molecule has 0 aliphatic rings. The van der Waals surface area contributed by atoms with Crippen LogP contribution in [0.25, 0.3) is 0 Å². The van der Waals surface area contributed by atoms with Crippen LogP contribution in [0.15, 0.2) is 78.9 Å². The second kappa shape index (κ2) is 13.6. The lowest BCUT2D eigenvalue weighted by Crippen LogP contribution is -2.24.